The van der Waals surface area contributed by atoms with Crippen molar-refractivity contribution in [2.24, 2.45) is 0 Å². The monoisotopic (exact) mass is 115 g/mol. The smallest absolute Gasteiger partial charge is 0.210 e. The van der Waals surface area contributed by atoms with E-state index in [9.17, 15) is 0 Å². The van der Waals surface area contributed by atoms with E-state index in [2.05, 4.69) is 5.32 Å². The molecular formula is C5H6ClN. The third-order valence-corrected chi connectivity index (χ3v) is 0.649. The normalized spacial score (nSPS) is 16.0. The van der Waals surface area contributed by atoms with E-state index in [1.54, 1.807) is 6.20 Å². The first-order chi connectivity index (χ1) is 3.00. The van der Waals surface area contributed by atoms with Gasteiger partial charge < -0.3 is 12.4 Å². The quantitative estimate of drug-likeness (QED) is 0.337. The Morgan fingerprint density at radius 2 is 2.14 bits per heavy atom. The summed E-state index contributed by atoms with van der Waals surface area (Å²) >= 11 is 0. The molecule has 0 amide bonds. The first-order valence-corrected chi connectivity index (χ1v) is 1.98. The van der Waals surface area contributed by atoms with Crippen LogP contribution in [-0.4, -0.2) is 6.54 Å². The molecule has 0 saturated heterocycles. The molecule has 0 fully saturated rings. The average molecular weight is 116 g/mol. The van der Waals surface area contributed by atoms with E-state index in [-0.39, 0.29) is 12.4 Å². The van der Waals surface area contributed by atoms with Gasteiger partial charge >= 0.3 is 0 Å². The van der Waals surface area contributed by atoms with Crippen LogP contribution in [-0.2, 0) is 0 Å². The largest absolute Gasteiger partial charge is 1.00 e. The summed E-state index contributed by atoms with van der Waals surface area (Å²) in [6, 6.07) is 0. The van der Waals surface area contributed by atoms with Crippen LogP contribution in [0.3, 0.4) is 0 Å². The Hall–Kier alpha value is -0.270. The third kappa shape index (κ3) is 2.43. The third-order valence-electron chi connectivity index (χ3n) is 0.649. The number of allylic oxidation sites excluding steroid dienone is 2. The van der Waals surface area contributed by atoms with Crippen LogP contribution in [0.5, 0.6) is 0 Å². The van der Waals surface area contributed by atoms with E-state index >= 15 is 0 Å². The van der Waals surface area contributed by atoms with Gasteiger partial charge in [-0.05, 0) is 6.08 Å². The van der Waals surface area contributed by atoms with Crippen molar-refractivity contribution in [3.8, 4) is 0 Å². The summed E-state index contributed by atoms with van der Waals surface area (Å²) in [5.41, 5.74) is 0. The predicted molar refractivity (Wildman–Crippen MR) is 25.3 cm³/mol. The van der Waals surface area contributed by atoms with Crippen molar-refractivity contribution < 1.29 is 12.4 Å². The van der Waals surface area contributed by atoms with Gasteiger partial charge in [0.15, 0.2) is 0 Å². The van der Waals surface area contributed by atoms with Crippen LogP contribution in [0.1, 0.15) is 0 Å². The lowest BCUT2D eigenvalue weighted by atomic mass is 10.4. The molecule has 1 aliphatic rings. The molecule has 38 valence electrons. The summed E-state index contributed by atoms with van der Waals surface area (Å²) < 4.78 is 0. The summed E-state index contributed by atoms with van der Waals surface area (Å²) in [5.74, 6) is 0. The molecule has 0 aromatic heterocycles. The second-order valence-corrected chi connectivity index (χ2v) is 1.13. The molecule has 0 bridgehead atoms. The molecule has 0 aromatic rings. The van der Waals surface area contributed by atoms with Crippen molar-refractivity contribution >= 4 is 0 Å². The van der Waals surface area contributed by atoms with Crippen LogP contribution < -0.4 is 17.7 Å². The molecule has 1 heterocycles. The van der Waals surface area contributed by atoms with Crippen molar-refractivity contribution in [2.75, 3.05) is 6.54 Å². The lowest BCUT2D eigenvalue weighted by molar-refractivity contribution is -0.00000123. The molecule has 1 rings (SSSR count). The van der Waals surface area contributed by atoms with Gasteiger partial charge in [0.05, 0.1) is 5.32 Å². The number of nitrogens with zero attached hydrogens (tertiary/aromatic N) is 1. The van der Waals surface area contributed by atoms with E-state index < -0.39 is 0 Å². The minimum absolute atomic E-state index is 0. The van der Waals surface area contributed by atoms with Crippen molar-refractivity contribution in [1.29, 1.82) is 0 Å². The standard InChI is InChI=1S/C5H6N.ClH/c1-2-4-6-5-3-1;/h1-4H,5H2;1H/q+1;/p-1. The molecule has 0 atom stereocenters. The fourth-order valence-electron chi connectivity index (χ4n) is 0.372. The number of halogens is 1. The van der Waals surface area contributed by atoms with Crippen molar-refractivity contribution in [1.82, 2.24) is 5.32 Å². The van der Waals surface area contributed by atoms with Crippen LogP contribution in [0.15, 0.2) is 24.4 Å². The molecule has 0 spiro atoms. The molecule has 0 aliphatic carbocycles. The number of hydrogen-bond donors (Lipinski definition) is 0. The summed E-state index contributed by atoms with van der Waals surface area (Å²) in [7, 11) is 0. The maximum absolute atomic E-state index is 3.91. The molecule has 7 heavy (non-hydrogen) atoms. The van der Waals surface area contributed by atoms with Crippen LogP contribution in [0.4, 0.5) is 0 Å². The van der Waals surface area contributed by atoms with E-state index in [1.165, 1.54) is 0 Å². The van der Waals surface area contributed by atoms with Crippen molar-refractivity contribution in [3.63, 3.8) is 0 Å². The van der Waals surface area contributed by atoms with E-state index in [0.717, 1.165) is 6.54 Å². The molecule has 0 N–H and O–H groups in total. The lowest BCUT2D eigenvalue weighted by Crippen LogP contribution is -3.00. The van der Waals surface area contributed by atoms with Gasteiger partial charge in [-0.25, -0.2) is 0 Å². The van der Waals surface area contributed by atoms with Crippen molar-refractivity contribution in [2.45, 2.75) is 0 Å². The van der Waals surface area contributed by atoms with Gasteiger partial charge in [-0.15, -0.1) is 0 Å². The second-order valence-electron chi connectivity index (χ2n) is 1.13. The molecule has 1 nitrogen and oxygen atoms in total. The SMILES string of the molecule is C1=CC[N+]C=C1.[Cl-]. The van der Waals surface area contributed by atoms with Crippen LogP contribution in [0, 0.1) is 0 Å². The predicted octanol–water partition coefficient (Wildman–Crippen LogP) is -2.32. The summed E-state index contributed by atoms with van der Waals surface area (Å²) in [5, 5.41) is 3.91. The maximum Gasteiger partial charge on any atom is 0.210 e. The Morgan fingerprint density at radius 1 is 1.29 bits per heavy atom. The summed E-state index contributed by atoms with van der Waals surface area (Å²) in [6.07, 6.45) is 7.73. The van der Waals surface area contributed by atoms with Crippen molar-refractivity contribution in [3.05, 3.63) is 24.4 Å². The Morgan fingerprint density at radius 3 is 2.29 bits per heavy atom. The second kappa shape index (κ2) is 3.90. The van der Waals surface area contributed by atoms with Gasteiger partial charge in [-0.1, -0.05) is 6.08 Å². The maximum atomic E-state index is 3.91. The number of hydrogen-bond acceptors (Lipinski definition) is 0. The van der Waals surface area contributed by atoms with Gasteiger partial charge in [-0.2, -0.15) is 0 Å². The summed E-state index contributed by atoms with van der Waals surface area (Å²) in [6.45, 7) is 0.858. The van der Waals surface area contributed by atoms with E-state index in [4.69, 9.17) is 0 Å². The zero-order valence-corrected chi connectivity index (χ0v) is 4.60. The highest BCUT2D eigenvalue weighted by Crippen LogP contribution is 1.81. The van der Waals surface area contributed by atoms with Crippen LogP contribution in [0.25, 0.3) is 0 Å². The topological polar surface area (TPSA) is 14.1 Å². The van der Waals surface area contributed by atoms with E-state index in [1.807, 2.05) is 18.2 Å². The van der Waals surface area contributed by atoms with Gasteiger partial charge in [0, 0.05) is 6.08 Å². The van der Waals surface area contributed by atoms with E-state index in [0.29, 0.717) is 0 Å². The Balaban J connectivity index is 0.000000360. The highest BCUT2D eigenvalue weighted by Gasteiger charge is 1.93. The summed E-state index contributed by atoms with van der Waals surface area (Å²) in [4.78, 5) is 0. The fraction of sp³-hybridized carbons (Fsp3) is 0.200. The Labute approximate surface area is 49.5 Å². The first kappa shape index (κ1) is 6.73. The molecule has 2 radical (unpaired) electrons. The molecule has 2 heteroatoms. The van der Waals surface area contributed by atoms with Gasteiger partial charge in [0.2, 0.25) is 12.7 Å². The molecule has 0 aromatic carbocycles. The lowest BCUT2D eigenvalue weighted by Gasteiger charge is -1.74. The zero-order valence-electron chi connectivity index (χ0n) is 3.84. The fourth-order valence-corrected chi connectivity index (χ4v) is 0.372. The minimum atomic E-state index is 0. The average Bonchev–Trinajstić information content (AvgIpc) is 1.72. The van der Waals surface area contributed by atoms with Crippen LogP contribution in [0.2, 0.25) is 0 Å². The minimum Gasteiger partial charge on any atom is -1.00 e. The first-order valence-electron chi connectivity index (χ1n) is 1.98. The van der Waals surface area contributed by atoms with Gasteiger partial charge in [0.25, 0.3) is 0 Å². The Kier molecular flexibility index (Phi) is 3.75. The molecular weight excluding hydrogens is 110 g/mol. The Bertz CT molecular complexity index is 74.1. The number of rotatable bonds is 0. The highest BCUT2D eigenvalue weighted by atomic mass is 35.5. The van der Waals surface area contributed by atoms with Gasteiger partial charge in [-0.3, -0.25) is 0 Å². The molecule has 0 unspecified atom stereocenters. The molecule has 1 aliphatic heterocycles. The molecule has 0 saturated carbocycles. The zero-order chi connectivity index (χ0) is 4.24. The highest BCUT2D eigenvalue weighted by molar-refractivity contribution is 5.06. The van der Waals surface area contributed by atoms with Crippen LogP contribution >= 0.6 is 0 Å². The van der Waals surface area contributed by atoms with Gasteiger partial charge in [0.1, 0.15) is 0 Å².